The molecule has 0 bridgehead atoms. The van der Waals surface area contributed by atoms with Crippen LogP contribution in [0.15, 0.2) is 18.5 Å². The summed E-state index contributed by atoms with van der Waals surface area (Å²) < 4.78 is 0. The third-order valence-corrected chi connectivity index (χ3v) is 1.91. The smallest absolute Gasteiger partial charge is 0.315 e. The van der Waals surface area contributed by atoms with E-state index in [1.54, 1.807) is 12.4 Å². The van der Waals surface area contributed by atoms with E-state index in [9.17, 15) is 4.79 Å². The lowest BCUT2D eigenvalue weighted by molar-refractivity contribution is 0.241. The molecule has 0 fully saturated rings. The number of hydrogen-bond acceptors (Lipinski definition) is 2. The van der Waals surface area contributed by atoms with Gasteiger partial charge in [0.1, 0.15) is 0 Å². The fourth-order valence-electron chi connectivity index (χ4n) is 1.10. The van der Waals surface area contributed by atoms with E-state index in [0.717, 1.165) is 11.1 Å². The van der Waals surface area contributed by atoms with Crippen LogP contribution in [0.2, 0.25) is 0 Å². The average molecular weight is 193 g/mol. The number of rotatable bonds is 3. The van der Waals surface area contributed by atoms with E-state index < -0.39 is 0 Å². The highest BCUT2D eigenvalue weighted by Crippen LogP contribution is 2.03. The van der Waals surface area contributed by atoms with Crippen LogP contribution in [-0.2, 0) is 6.54 Å². The number of urea groups is 1. The standard InChI is InChI=1S/C10H15N3O/c1-3-12-10(14)13-7-9-4-5-11-6-8(9)2/h4-6H,3,7H2,1-2H3,(H2,12,13,14). The molecule has 0 spiro atoms. The fraction of sp³-hybridized carbons (Fsp3) is 0.400. The lowest BCUT2D eigenvalue weighted by Gasteiger charge is -2.07. The second-order valence-electron chi connectivity index (χ2n) is 3.02. The van der Waals surface area contributed by atoms with Crippen LogP contribution in [0.5, 0.6) is 0 Å². The third kappa shape index (κ3) is 3.05. The molecule has 0 aliphatic carbocycles. The molecule has 14 heavy (non-hydrogen) atoms. The first kappa shape index (κ1) is 10.5. The van der Waals surface area contributed by atoms with Crippen molar-refractivity contribution in [1.82, 2.24) is 15.6 Å². The molecule has 0 aliphatic heterocycles. The van der Waals surface area contributed by atoms with Crippen molar-refractivity contribution >= 4 is 6.03 Å². The van der Waals surface area contributed by atoms with Gasteiger partial charge in [0.2, 0.25) is 0 Å². The summed E-state index contributed by atoms with van der Waals surface area (Å²) in [7, 11) is 0. The second kappa shape index (κ2) is 5.21. The normalized spacial score (nSPS) is 9.57. The molecule has 0 radical (unpaired) electrons. The van der Waals surface area contributed by atoms with Crippen molar-refractivity contribution in [2.75, 3.05) is 6.54 Å². The van der Waals surface area contributed by atoms with Crippen LogP contribution in [0.25, 0.3) is 0 Å². The quantitative estimate of drug-likeness (QED) is 0.758. The highest BCUT2D eigenvalue weighted by molar-refractivity contribution is 5.73. The van der Waals surface area contributed by atoms with E-state index >= 15 is 0 Å². The maximum atomic E-state index is 11.1. The zero-order valence-electron chi connectivity index (χ0n) is 8.50. The number of pyridine rings is 1. The molecule has 4 heteroatoms. The van der Waals surface area contributed by atoms with E-state index in [1.165, 1.54) is 0 Å². The molecular formula is C10H15N3O. The topological polar surface area (TPSA) is 54.0 Å². The Morgan fingerprint density at radius 3 is 2.93 bits per heavy atom. The molecular weight excluding hydrogens is 178 g/mol. The highest BCUT2D eigenvalue weighted by Gasteiger charge is 2.00. The van der Waals surface area contributed by atoms with Gasteiger partial charge in [0, 0.05) is 25.5 Å². The van der Waals surface area contributed by atoms with Crippen molar-refractivity contribution in [3.8, 4) is 0 Å². The molecule has 0 unspecified atom stereocenters. The predicted octanol–water partition coefficient (Wildman–Crippen LogP) is 1.21. The second-order valence-corrected chi connectivity index (χ2v) is 3.02. The molecule has 0 saturated carbocycles. The van der Waals surface area contributed by atoms with Crippen molar-refractivity contribution in [1.29, 1.82) is 0 Å². The molecule has 0 atom stereocenters. The first-order valence-corrected chi connectivity index (χ1v) is 4.65. The molecule has 4 nitrogen and oxygen atoms in total. The van der Waals surface area contributed by atoms with Gasteiger partial charge in [-0.1, -0.05) is 0 Å². The van der Waals surface area contributed by atoms with Gasteiger partial charge in [-0.25, -0.2) is 4.79 Å². The Hall–Kier alpha value is -1.58. The molecule has 0 saturated heterocycles. The highest BCUT2D eigenvalue weighted by atomic mass is 16.2. The maximum Gasteiger partial charge on any atom is 0.315 e. The third-order valence-electron chi connectivity index (χ3n) is 1.91. The average Bonchev–Trinajstić information content (AvgIpc) is 2.17. The molecule has 1 aromatic rings. The van der Waals surface area contributed by atoms with E-state index in [2.05, 4.69) is 15.6 Å². The van der Waals surface area contributed by atoms with E-state index in [4.69, 9.17) is 0 Å². The molecule has 1 aromatic heterocycles. The number of carbonyl (C=O) groups is 1. The van der Waals surface area contributed by atoms with Crippen molar-refractivity contribution in [2.45, 2.75) is 20.4 Å². The summed E-state index contributed by atoms with van der Waals surface area (Å²) in [6.45, 7) is 5.04. The molecule has 2 N–H and O–H groups in total. The molecule has 0 aromatic carbocycles. The zero-order chi connectivity index (χ0) is 10.4. The van der Waals surface area contributed by atoms with Gasteiger partial charge in [0.25, 0.3) is 0 Å². The van der Waals surface area contributed by atoms with Gasteiger partial charge in [-0.2, -0.15) is 0 Å². The molecule has 2 amide bonds. The van der Waals surface area contributed by atoms with Gasteiger partial charge in [-0.3, -0.25) is 4.98 Å². The predicted molar refractivity (Wildman–Crippen MR) is 54.9 cm³/mol. The van der Waals surface area contributed by atoms with Crippen molar-refractivity contribution in [2.24, 2.45) is 0 Å². The van der Waals surface area contributed by atoms with Crippen LogP contribution >= 0.6 is 0 Å². The minimum Gasteiger partial charge on any atom is -0.338 e. The van der Waals surface area contributed by atoms with Crippen LogP contribution in [-0.4, -0.2) is 17.6 Å². The Kier molecular flexibility index (Phi) is 3.91. The Bertz CT molecular complexity index is 312. The summed E-state index contributed by atoms with van der Waals surface area (Å²) in [5.41, 5.74) is 2.18. The fourth-order valence-corrected chi connectivity index (χ4v) is 1.10. The lowest BCUT2D eigenvalue weighted by atomic mass is 10.1. The lowest BCUT2D eigenvalue weighted by Crippen LogP contribution is -2.34. The number of nitrogens with zero attached hydrogens (tertiary/aromatic N) is 1. The summed E-state index contributed by atoms with van der Waals surface area (Å²) in [4.78, 5) is 15.1. The van der Waals surface area contributed by atoms with Gasteiger partial charge in [-0.15, -0.1) is 0 Å². The number of hydrogen-bond donors (Lipinski definition) is 2. The van der Waals surface area contributed by atoms with Gasteiger partial charge in [0.15, 0.2) is 0 Å². The summed E-state index contributed by atoms with van der Waals surface area (Å²) >= 11 is 0. The SMILES string of the molecule is CCNC(=O)NCc1ccncc1C. The number of aromatic nitrogens is 1. The number of carbonyl (C=O) groups excluding carboxylic acids is 1. The first-order chi connectivity index (χ1) is 6.74. The van der Waals surface area contributed by atoms with Crippen molar-refractivity contribution in [3.63, 3.8) is 0 Å². The number of nitrogens with one attached hydrogen (secondary N) is 2. The first-order valence-electron chi connectivity index (χ1n) is 4.65. The molecule has 1 rings (SSSR count). The van der Waals surface area contributed by atoms with E-state index in [-0.39, 0.29) is 6.03 Å². The van der Waals surface area contributed by atoms with Crippen LogP contribution < -0.4 is 10.6 Å². The minimum absolute atomic E-state index is 0.135. The Labute approximate surface area is 83.7 Å². The van der Waals surface area contributed by atoms with Gasteiger partial charge in [0.05, 0.1) is 0 Å². The van der Waals surface area contributed by atoms with E-state index in [1.807, 2.05) is 19.9 Å². The number of amides is 2. The zero-order valence-corrected chi connectivity index (χ0v) is 8.50. The summed E-state index contributed by atoms with van der Waals surface area (Å²) in [6.07, 6.45) is 3.51. The minimum atomic E-state index is -0.135. The van der Waals surface area contributed by atoms with Gasteiger partial charge >= 0.3 is 6.03 Å². The van der Waals surface area contributed by atoms with Crippen LogP contribution in [0.4, 0.5) is 4.79 Å². The Morgan fingerprint density at radius 1 is 1.50 bits per heavy atom. The molecule has 1 heterocycles. The Balaban J connectivity index is 2.46. The van der Waals surface area contributed by atoms with Crippen molar-refractivity contribution in [3.05, 3.63) is 29.6 Å². The summed E-state index contributed by atoms with van der Waals surface area (Å²) in [5.74, 6) is 0. The molecule has 76 valence electrons. The summed E-state index contributed by atoms with van der Waals surface area (Å²) in [5, 5.41) is 5.43. The van der Waals surface area contributed by atoms with Crippen LogP contribution in [0.3, 0.4) is 0 Å². The van der Waals surface area contributed by atoms with Crippen LogP contribution in [0, 0.1) is 6.92 Å². The Morgan fingerprint density at radius 2 is 2.29 bits per heavy atom. The molecule has 0 aliphatic rings. The van der Waals surface area contributed by atoms with Gasteiger partial charge in [-0.05, 0) is 31.0 Å². The number of aryl methyl sites for hydroxylation is 1. The monoisotopic (exact) mass is 193 g/mol. The van der Waals surface area contributed by atoms with Gasteiger partial charge < -0.3 is 10.6 Å². The van der Waals surface area contributed by atoms with Crippen molar-refractivity contribution < 1.29 is 4.79 Å². The van der Waals surface area contributed by atoms with Crippen LogP contribution in [0.1, 0.15) is 18.1 Å². The maximum absolute atomic E-state index is 11.1. The summed E-state index contributed by atoms with van der Waals surface area (Å²) in [6, 6.07) is 1.77. The van der Waals surface area contributed by atoms with E-state index in [0.29, 0.717) is 13.1 Å². The largest absolute Gasteiger partial charge is 0.338 e.